The van der Waals surface area contributed by atoms with Crippen LogP contribution in [0.1, 0.15) is 29.8 Å². The minimum absolute atomic E-state index is 0.0815. The van der Waals surface area contributed by atoms with E-state index in [0.717, 1.165) is 12.0 Å². The number of thiophene rings is 1. The molecule has 0 aliphatic carbocycles. The summed E-state index contributed by atoms with van der Waals surface area (Å²) in [4.78, 5) is 16.2. The first-order chi connectivity index (χ1) is 12.6. The molecule has 1 heterocycles. The Kier molecular flexibility index (Phi) is 8.04. The standard InChI is InChI=1S/C18H24N4O3S/c1-3-16(17-5-4-12-26-17)21-18(19-10-11-25-2)20-13-14-6-8-15(9-7-14)22(23)24/h4-9,12,16H,3,10-11,13H2,1-2H3,(H2,19,20,21). The summed E-state index contributed by atoms with van der Waals surface area (Å²) in [5.74, 6) is 0.695. The van der Waals surface area contributed by atoms with Gasteiger partial charge in [-0.3, -0.25) is 10.1 Å². The Balaban J connectivity index is 2.06. The van der Waals surface area contributed by atoms with Gasteiger partial charge in [0.25, 0.3) is 5.69 Å². The Bertz CT molecular complexity index is 702. The third-order valence-electron chi connectivity index (χ3n) is 3.77. The van der Waals surface area contributed by atoms with Gasteiger partial charge < -0.3 is 15.4 Å². The fraction of sp³-hybridized carbons (Fsp3) is 0.389. The predicted octanol–water partition coefficient (Wildman–Crippen LogP) is 3.49. The number of hydrogen-bond acceptors (Lipinski definition) is 5. The highest BCUT2D eigenvalue weighted by Crippen LogP contribution is 2.21. The molecule has 0 amide bonds. The van der Waals surface area contributed by atoms with Crippen molar-refractivity contribution in [2.75, 3.05) is 20.3 Å². The fourth-order valence-corrected chi connectivity index (χ4v) is 3.21. The molecule has 8 heteroatoms. The van der Waals surface area contributed by atoms with Crippen LogP contribution < -0.4 is 10.6 Å². The molecular weight excluding hydrogens is 352 g/mol. The number of nitro groups is 1. The van der Waals surface area contributed by atoms with E-state index in [2.05, 4.69) is 34.0 Å². The topological polar surface area (TPSA) is 88.8 Å². The van der Waals surface area contributed by atoms with Gasteiger partial charge in [0.2, 0.25) is 0 Å². The van der Waals surface area contributed by atoms with Crippen LogP contribution in [0.25, 0.3) is 0 Å². The first kappa shape index (κ1) is 19.9. The van der Waals surface area contributed by atoms with Gasteiger partial charge in [0.15, 0.2) is 5.96 Å². The van der Waals surface area contributed by atoms with Crippen LogP contribution in [-0.4, -0.2) is 31.1 Å². The molecule has 1 aromatic carbocycles. The second kappa shape index (κ2) is 10.5. The van der Waals surface area contributed by atoms with Crippen LogP contribution in [0.15, 0.2) is 46.8 Å². The predicted molar refractivity (Wildman–Crippen MR) is 105 cm³/mol. The lowest BCUT2D eigenvalue weighted by Gasteiger charge is -2.19. The summed E-state index contributed by atoms with van der Waals surface area (Å²) in [5, 5.41) is 19.5. The molecule has 0 radical (unpaired) electrons. The van der Waals surface area contributed by atoms with Gasteiger partial charge in [-0.25, -0.2) is 4.99 Å². The molecule has 1 atom stereocenters. The molecule has 0 saturated heterocycles. The van der Waals surface area contributed by atoms with Crippen molar-refractivity contribution >= 4 is 23.0 Å². The second-order valence-electron chi connectivity index (χ2n) is 5.63. The van der Waals surface area contributed by atoms with Crippen molar-refractivity contribution in [1.29, 1.82) is 0 Å². The summed E-state index contributed by atoms with van der Waals surface area (Å²) in [5.41, 5.74) is 0.991. The Labute approximate surface area is 157 Å². The molecular formula is C18H24N4O3S. The van der Waals surface area contributed by atoms with Crippen molar-refractivity contribution < 1.29 is 9.66 Å². The van der Waals surface area contributed by atoms with E-state index in [-0.39, 0.29) is 11.7 Å². The van der Waals surface area contributed by atoms with E-state index in [9.17, 15) is 10.1 Å². The number of guanidine groups is 1. The molecule has 2 aromatic rings. The summed E-state index contributed by atoms with van der Waals surface area (Å²) in [6.45, 7) is 3.78. The average molecular weight is 376 g/mol. The minimum atomic E-state index is -0.404. The van der Waals surface area contributed by atoms with Crippen LogP contribution >= 0.6 is 11.3 Å². The monoisotopic (exact) mass is 376 g/mol. The van der Waals surface area contributed by atoms with Gasteiger partial charge in [-0.2, -0.15) is 0 Å². The zero-order valence-corrected chi connectivity index (χ0v) is 15.8. The molecule has 0 fully saturated rings. The summed E-state index contributed by atoms with van der Waals surface area (Å²) < 4.78 is 5.09. The van der Waals surface area contributed by atoms with Crippen LogP contribution in [0.5, 0.6) is 0 Å². The first-order valence-corrected chi connectivity index (χ1v) is 9.32. The van der Waals surface area contributed by atoms with Crippen LogP contribution in [0.2, 0.25) is 0 Å². The number of non-ortho nitro benzene ring substituents is 1. The number of nitrogens with one attached hydrogen (secondary N) is 2. The number of hydrogen-bond donors (Lipinski definition) is 2. The maximum atomic E-state index is 10.7. The summed E-state index contributed by atoms with van der Waals surface area (Å²) in [7, 11) is 1.66. The molecule has 26 heavy (non-hydrogen) atoms. The molecule has 2 rings (SSSR count). The van der Waals surface area contributed by atoms with Crippen LogP contribution in [0.4, 0.5) is 5.69 Å². The van der Waals surface area contributed by atoms with E-state index in [1.807, 2.05) is 6.07 Å². The molecule has 0 saturated carbocycles. The normalized spacial score (nSPS) is 12.6. The molecule has 2 N–H and O–H groups in total. The molecule has 0 bridgehead atoms. The lowest BCUT2D eigenvalue weighted by molar-refractivity contribution is -0.384. The quantitative estimate of drug-likeness (QED) is 0.230. The number of benzene rings is 1. The van der Waals surface area contributed by atoms with Gasteiger partial charge in [-0.1, -0.05) is 25.1 Å². The molecule has 7 nitrogen and oxygen atoms in total. The van der Waals surface area contributed by atoms with E-state index >= 15 is 0 Å². The first-order valence-electron chi connectivity index (χ1n) is 8.44. The SMILES string of the molecule is CCC(NC(=NCc1ccc([N+](=O)[O-])cc1)NCCOC)c1cccs1. The van der Waals surface area contributed by atoms with Gasteiger partial charge in [0.1, 0.15) is 0 Å². The average Bonchev–Trinajstić information content (AvgIpc) is 3.18. The van der Waals surface area contributed by atoms with E-state index in [0.29, 0.717) is 25.7 Å². The van der Waals surface area contributed by atoms with Gasteiger partial charge >= 0.3 is 0 Å². The van der Waals surface area contributed by atoms with Crippen molar-refractivity contribution in [3.8, 4) is 0 Å². The molecule has 140 valence electrons. The van der Waals surface area contributed by atoms with E-state index < -0.39 is 4.92 Å². The Morgan fingerprint density at radius 3 is 2.69 bits per heavy atom. The smallest absolute Gasteiger partial charge is 0.269 e. The molecule has 0 aliphatic heterocycles. The number of rotatable bonds is 9. The highest BCUT2D eigenvalue weighted by molar-refractivity contribution is 7.10. The summed E-state index contributed by atoms with van der Waals surface area (Å²) >= 11 is 1.71. The van der Waals surface area contributed by atoms with E-state index in [1.54, 1.807) is 30.6 Å². The third-order valence-corrected chi connectivity index (χ3v) is 4.76. The third kappa shape index (κ3) is 6.12. The zero-order valence-electron chi connectivity index (χ0n) is 15.0. The largest absolute Gasteiger partial charge is 0.383 e. The summed E-state index contributed by atoms with van der Waals surface area (Å²) in [6, 6.07) is 10.8. The Morgan fingerprint density at radius 2 is 2.12 bits per heavy atom. The Morgan fingerprint density at radius 1 is 1.35 bits per heavy atom. The van der Waals surface area contributed by atoms with Crippen LogP contribution in [0.3, 0.4) is 0 Å². The van der Waals surface area contributed by atoms with Crippen molar-refractivity contribution in [1.82, 2.24) is 10.6 Å². The van der Waals surface area contributed by atoms with Crippen LogP contribution in [-0.2, 0) is 11.3 Å². The van der Waals surface area contributed by atoms with Crippen molar-refractivity contribution in [2.24, 2.45) is 4.99 Å². The van der Waals surface area contributed by atoms with Gasteiger partial charge in [0.05, 0.1) is 24.1 Å². The highest BCUT2D eigenvalue weighted by atomic mass is 32.1. The zero-order chi connectivity index (χ0) is 18.8. The van der Waals surface area contributed by atoms with Crippen molar-refractivity contribution in [2.45, 2.75) is 25.9 Å². The van der Waals surface area contributed by atoms with Crippen molar-refractivity contribution in [3.05, 3.63) is 62.3 Å². The van der Waals surface area contributed by atoms with Crippen molar-refractivity contribution in [3.63, 3.8) is 0 Å². The van der Waals surface area contributed by atoms with E-state index in [4.69, 9.17) is 4.74 Å². The molecule has 1 unspecified atom stereocenters. The minimum Gasteiger partial charge on any atom is -0.383 e. The maximum absolute atomic E-state index is 10.7. The second-order valence-corrected chi connectivity index (χ2v) is 6.61. The fourth-order valence-electron chi connectivity index (χ4n) is 2.35. The molecule has 0 aliphatic rings. The maximum Gasteiger partial charge on any atom is 0.269 e. The van der Waals surface area contributed by atoms with Gasteiger partial charge in [-0.15, -0.1) is 11.3 Å². The van der Waals surface area contributed by atoms with Gasteiger partial charge in [0, 0.05) is 30.7 Å². The number of ether oxygens (including phenoxy) is 1. The lowest BCUT2D eigenvalue weighted by Crippen LogP contribution is -2.40. The summed E-state index contributed by atoms with van der Waals surface area (Å²) in [6.07, 6.45) is 0.934. The number of methoxy groups -OCH3 is 1. The highest BCUT2D eigenvalue weighted by Gasteiger charge is 2.12. The molecule has 1 aromatic heterocycles. The molecule has 0 spiro atoms. The number of nitro benzene ring substituents is 1. The van der Waals surface area contributed by atoms with Gasteiger partial charge in [-0.05, 0) is 23.4 Å². The number of aliphatic imine (C=N–C) groups is 1. The lowest BCUT2D eigenvalue weighted by atomic mass is 10.2. The number of nitrogens with zero attached hydrogens (tertiary/aromatic N) is 2. The van der Waals surface area contributed by atoms with Crippen LogP contribution in [0, 0.1) is 10.1 Å². The Hall–Kier alpha value is -2.45. The van der Waals surface area contributed by atoms with E-state index in [1.165, 1.54) is 17.0 Å².